The molecular weight excluding hydrogens is 298 g/mol. The molecule has 0 unspecified atom stereocenters. The van der Waals surface area contributed by atoms with Crippen molar-refractivity contribution in [1.29, 1.82) is 0 Å². The molecule has 0 aliphatic carbocycles. The van der Waals surface area contributed by atoms with Crippen LogP contribution in [0.3, 0.4) is 0 Å². The maximum absolute atomic E-state index is 11.0. The fourth-order valence-corrected chi connectivity index (χ4v) is 2.41. The maximum atomic E-state index is 11.0. The number of nitro groups is 1. The summed E-state index contributed by atoms with van der Waals surface area (Å²) in [5.41, 5.74) is 2.55. The Morgan fingerprint density at radius 3 is 2.83 bits per heavy atom. The van der Waals surface area contributed by atoms with E-state index in [2.05, 4.69) is 25.2 Å². The number of hydrogen-bond acceptors (Lipinski definition) is 7. The predicted octanol–water partition coefficient (Wildman–Crippen LogP) is 3.42. The molecule has 4 rings (SSSR count). The van der Waals surface area contributed by atoms with Crippen molar-refractivity contribution in [3.05, 3.63) is 58.8 Å². The SMILES string of the molecule is O=[N+]([O-])c1ccc(Nc2ccc3ncccc3c2)c2nonc12. The van der Waals surface area contributed by atoms with Gasteiger partial charge in [0, 0.05) is 23.3 Å². The molecular formula is C15H9N5O3. The molecule has 2 aromatic heterocycles. The van der Waals surface area contributed by atoms with Crippen molar-refractivity contribution >= 4 is 39.0 Å². The van der Waals surface area contributed by atoms with E-state index in [9.17, 15) is 10.1 Å². The lowest BCUT2D eigenvalue weighted by atomic mass is 10.2. The van der Waals surface area contributed by atoms with Crippen molar-refractivity contribution in [2.75, 3.05) is 5.32 Å². The Morgan fingerprint density at radius 1 is 1.09 bits per heavy atom. The lowest BCUT2D eigenvalue weighted by molar-refractivity contribution is -0.383. The van der Waals surface area contributed by atoms with Crippen molar-refractivity contribution in [3.8, 4) is 0 Å². The first-order valence-corrected chi connectivity index (χ1v) is 6.74. The Labute approximate surface area is 128 Å². The van der Waals surface area contributed by atoms with Crippen molar-refractivity contribution in [1.82, 2.24) is 15.3 Å². The zero-order chi connectivity index (χ0) is 15.8. The van der Waals surface area contributed by atoms with Crippen molar-refractivity contribution in [2.24, 2.45) is 0 Å². The molecule has 0 radical (unpaired) electrons. The minimum absolute atomic E-state index is 0.113. The highest BCUT2D eigenvalue weighted by Crippen LogP contribution is 2.31. The van der Waals surface area contributed by atoms with Crippen LogP contribution in [0.1, 0.15) is 0 Å². The van der Waals surface area contributed by atoms with E-state index in [0.29, 0.717) is 11.2 Å². The summed E-state index contributed by atoms with van der Waals surface area (Å²) in [7, 11) is 0. The molecule has 112 valence electrons. The Balaban J connectivity index is 1.78. The van der Waals surface area contributed by atoms with Gasteiger partial charge in [0.05, 0.1) is 16.1 Å². The molecule has 8 heteroatoms. The Hall–Kier alpha value is -3.55. The number of rotatable bonds is 3. The first-order chi connectivity index (χ1) is 11.2. The van der Waals surface area contributed by atoms with Crippen LogP contribution in [0.25, 0.3) is 21.9 Å². The zero-order valence-electron chi connectivity index (χ0n) is 11.6. The third-order valence-electron chi connectivity index (χ3n) is 3.47. The number of nitro benzene ring substituents is 1. The average molecular weight is 307 g/mol. The van der Waals surface area contributed by atoms with Crippen molar-refractivity contribution in [3.63, 3.8) is 0 Å². The highest BCUT2D eigenvalue weighted by Gasteiger charge is 2.19. The first kappa shape index (κ1) is 13.1. The minimum Gasteiger partial charge on any atom is -0.354 e. The van der Waals surface area contributed by atoms with Crippen molar-refractivity contribution in [2.45, 2.75) is 0 Å². The van der Waals surface area contributed by atoms with Crippen LogP contribution in [0, 0.1) is 10.1 Å². The van der Waals surface area contributed by atoms with Crippen LogP contribution >= 0.6 is 0 Å². The average Bonchev–Trinajstić information content (AvgIpc) is 3.04. The molecule has 2 heterocycles. The van der Waals surface area contributed by atoms with Crippen LogP contribution in [-0.4, -0.2) is 20.2 Å². The Morgan fingerprint density at radius 2 is 1.96 bits per heavy atom. The first-order valence-electron chi connectivity index (χ1n) is 6.74. The molecule has 23 heavy (non-hydrogen) atoms. The molecule has 0 saturated carbocycles. The topological polar surface area (TPSA) is 107 Å². The summed E-state index contributed by atoms with van der Waals surface area (Å²) in [5.74, 6) is 0. The van der Waals surface area contributed by atoms with E-state index in [1.165, 1.54) is 6.07 Å². The van der Waals surface area contributed by atoms with Crippen LogP contribution in [0.2, 0.25) is 0 Å². The lowest BCUT2D eigenvalue weighted by Gasteiger charge is -2.07. The number of benzene rings is 2. The normalized spacial score (nSPS) is 11.0. The molecule has 0 aliphatic rings. The number of fused-ring (bicyclic) bond motifs is 2. The van der Waals surface area contributed by atoms with E-state index in [4.69, 9.17) is 0 Å². The second kappa shape index (κ2) is 5.02. The van der Waals surface area contributed by atoms with Gasteiger partial charge in [0.15, 0.2) is 5.52 Å². The van der Waals surface area contributed by atoms with Crippen LogP contribution in [0.5, 0.6) is 0 Å². The summed E-state index contributed by atoms with van der Waals surface area (Å²) in [6.45, 7) is 0. The van der Waals surface area contributed by atoms with Crippen LogP contribution in [-0.2, 0) is 0 Å². The molecule has 0 atom stereocenters. The third-order valence-corrected chi connectivity index (χ3v) is 3.47. The van der Waals surface area contributed by atoms with Gasteiger partial charge in [0.1, 0.15) is 0 Å². The Bertz CT molecular complexity index is 1040. The molecule has 0 spiro atoms. The fourth-order valence-electron chi connectivity index (χ4n) is 2.41. The largest absolute Gasteiger partial charge is 0.354 e. The number of nitrogens with zero attached hydrogens (tertiary/aromatic N) is 4. The van der Waals surface area contributed by atoms with Gasteiger partial charge in [-0.15, -0.1) is 0 Å². The molecule has 0 aliphatic heterocycles. The summed E-state index contributed by atoms with van der Waals surface area (Å²) < 4.78 is 4.65. The predicted molar refractivity (Wildman–Crippen MR) is 83.5 cm³/mol. The second-order valence-electron chi connectivity index (χ2n) is 4.89. The van der Waals surface area contributed by atoms with Crippen LogP contribution in [0.4, 0.5) is 17.1 Å². The molecule has 0 amide bonds. The van der Waals surface area contributed by atoms with Gasteiger partial charge in [-0.1, -0.05) is 6.07 Å². The number of non-ortho nitro benzene ring substituents is 1. The molecule has 1 N–H and O–H groups in total. The molecule has 0 bridgehead atoms. The fraction of sp³-hybridized carbons (Fsp3) is 0. The van der Waals surface area contributed by atoms with E-state index >= 15 is 0 Å². The monoisotopic (exact) mass is 307 g/mol. The minimum atomic E-state index is -0.516. The van der Waals surface area contributed by atoms with Gasteiger partial charge in [-0.05, 0) is 40.6 Å². The van der Waals surface area contributed by atoms with Gasteiger partial charge < -0.3 is 5.32 Å². The van der Waals surface area contributed by atoms with Gasteiger partial charge in [-0.3, -0.25) is 15.1 Å². The van der Waals surface area contributed by atoms with E-state index < -0.39 is 4.92 Å². The number of pyridine rings is 1. The highest BCUT2D eigenvalue weighted by molar-refractivity contribution is 5.95. The van der Waals surface area contributed by atoms with E-state index in [0.717, 1.165) is 16.6 Å². The van der Waals surface area contributed by atoms with Gasteiger partial charge in [-0.2, -0.15) is 0 Å². The van der Waals surface area contributed by atoms with E-state index in [1.54, 1.807) is 12.3 Å². The maximum Gasteiger partial charge on any atom is 0.300 e. The summed E-state index contributed by atoms with van der Waals surface area (Å²) in [6, 6.07) is 12.5. The molecule has 0 saturated heterocycles. The zero-order valence-corrected chi connectivity index (χ0v) is 11.6. The third kappa shape index (κ3) is 2.22. The van der Waals surface area contributed by atoms with Gasteiger partial charge >= 0.3 is 5.69 Å². The smallest absolute Gasteiger partial charge is 0.300 e. The van der Waals surface area contributed by atoms with Crippen molar-refractivity contribution < 1.29 is 9.55 Å². The highest BCUT2D eigenvalue weighted by atomic mass is 16.6. The molecule has 2 aromatic carbocycles. The Kier molecular flexibility index (Phi) is 2.87. The summed E-state index contributed by atoms with van der Waals surface area (Å²) >= 11 is 0. The van der Waals surface area contributed by atoms with Gasteiger partial charge in [0.25, 0.3) is 0 Å². The summed E-state index contributed by atoms with van der Waals surface area (Å²) in [6.07, 6.45) is 1.73. The number of nitrogens with one attached hydrogen (secondary N) is 1. The quantitative estimate of drug-likeness (QED) is 0.456. The lowest BCUT2D eigenvalue weighted by Crippen LogP contribution is -1.95. The number of hydrogen-bond donors (Lipinski definition) is 1. The van der Waals surface area contributed by atoms with Gasteiger partial charge in [-0.25, -0.2) is 4.63 Å². The number of anilines is 2. The van der Waals surface area contributed by atoms with Gasteiger partial charge in [0.2, 0.25) is 5.52 Å². The van der Waals surface area contributed by atoms with E-state index in [-0.39, 0.29) is 11.2 Å². The van der Waals surface area contributed by atoms with E-state index in [1.807, 2.05) is 30.3 Å². The van der Waals surface area contributed by atoms with Crippen LogP contribution < -0.4 is 5.32 Å². The second-order valence-corrected chi connectivity index (χ2v) is 4.89. The molecule has 0 fully saturated rings. The molecule has 4 aromatic rings. The summed E-state index contributed by atoms with van der Waals surface area (Å²) in [5, 5.41) is 22.5. The summed E-state index contributed by atoms with van der Waals surface area (Å²) in [4.78, 5) is 14.7. The molecule has 8 nitrogen and oxygen atoms in total. The standard InChI is InChI=1S/C15H9N5O3/c21-20(22)13-6-5-12(14-15(13)19-23-18-14)17-10-3-4-11-9(8-10)2-1-7-16-11/h1-8,17H. The van der Waals surface area contributed by atoms with Crippen LogP contribution in [0.15, 0.2) is 53.3 Å². The number of aromatic nitrogens is 3.